The largest absolute Gasteiger partial charge is 0.287 e. The van der Waals surface area contributed by atoms with E-state index in [2.05, 4.69) is 4.98 Å². The number of rotatable bonds is 8. The normalized spacial score (nSPS) is 11.5. The summed E-state index contributed by atoms with van der Waals surface area (Å²) in [5.41, 5.74) is -11.8. The molecule has 0 radical (unpaired) electrons. The van der Waals surface area contributed by atoms with Crippen LogP contribution in [0.2, 0.25) is 5.02 Å². The summed E-state index contributed by atoms with van der Waals surface area (Å²) in [7, 11) is 0. The van der Waals surface area contributed by atoms with E-state index >= 15 is 35.1 Å². The summed E-state index contributed by atoms with van der Waals surface area (Å²) in [6.07, 6.45) is -2.00. The van der Waals surface area contributed by atoms with Crippen molar-refractivity contribution in [1.82, 2.24) is 4.98 Å². The van der Waals surface area contributed by atoms with Crippen molar-refractivity contribution >= 4 is 45.4 Å². The molecule has 0 spiro atoms. The lowest BCUT2D eigenvalue weighted by molar-refractivity contribution is -0.672. The van der Waals surface area contributed by atoms with Crippen molar-refractivity contribution in [2.75, 3.05) is 0 Å². The molecule has 0 saturated heterocycles. The molecule has 1 heterocycles. The van der Waals surface area contributed by atoms with Gasteiger partial charge in [0.1, 0.15) is 52.7 Å². The number of aromatic nitrogens is 2. The molecule has 0 saturated carbocycles. The predicted molar refractivity (Wildman–Crippen MR) is 195 cm³/mol. The van der Waals surface area contributed by atoms with Crippen LogP contribution >= 0.6 is 11.6 Å². The van der Waals surface area contributed by atoms with Crippen LogP contribution in [0.15, 0.2) is 73.2 Å². The van der Waals surface area contributed by atoms with Crippen LogP contribution in [0.25, 0.3) is 11.3 Å². The molecule has 7 rings (SSSR count). The molecule has 0 aliphatic heterocycles. The van der Waals surface area contributed by atoms with Crippen molar-refractivity contribution in [3.8, 4) is 11.3 Å². The van der Waals surface area contributed by atoms with E-state index in [1.807, 2.05) is 59.2 Å². The van der Waals surface area contributed by atoms with E-state index in [9.17, 15) is 57.5 Å². The van der Waals surface area contributed by atoms with Crippen LogP contribution in [0, 0.1) is 116 Å². The molecule has 6 aromatic carbocycles. The summed E-state index contributed by atoms with van der Waals surface area (Å²) in [5, 5.41) is 0.655. The van der Waals surface area contributed by atoms with E-state index in [1.54, 1.807) is 18.6 Å². The summed E-state index contributed by atoms with van der Waals surface area (Å²) in [4.78, 5) is 16.6. The predicted octanol–water partition coefficient (Wildman–Crippen LogP) is 9.42. The number of hydrogen-bond acceptors (Lipinski definition) is 2. The van der Waals surface area contributed by atoms with Gasteiger partial charge in [-0.25, -0.2) is 87.8 Å². The molecule has 0 fully saturated rings. The summed E-state index contributed by atoms with van der Waals surface area (Å²) in [6.45, 7) is 0.258. The zero-order valence-corrected chi connectivity index (χ0v) is 32.7. The fourth-order valence-corrected chi connectivity index (χ4v) is 7.35. The van der Waals surface area contributed by atoms with Gasteiger partial charge in [-0.3, -0.25) is 9.78 Å². The summed E-state index contributed by atoms with van der Waals surface area (Å²) >= 11 is 6.05. The Balaban J connectivity index is 0.000000279. The van der Waals surface area contributed by atoms with Crippen molar-refractivity contribution in [2.45, 2.75) is 6.54 Å². The van der Waals surface area contributed by atoms with Crippen molar-refractivity contribution in [3.05, 3.63) is 200 Å². The van der Waals surface area contributed by atoms with E-state index in [0.717, 1.165) is 11.3 Å². The van der Waals surface area contributed by atoms with Crippen molar-refractivity contribution in [1.29, 1.82) is 0 Å². The zero-order chi connectivity index (χ0) is 49.7. The molecule has 0 aliphatic carbocycles. The standard InChI is InChI=1S/C24BF20.C18H14ClN2O/c26-5-1(6(27)14(35)21(42)13(5)34)25(2-7(28)15(36)22(43)16(37)8(2)29,3-9(30)17(38)23(44)18(39)10(3)31)4-11(32)19(40)24(45)20(41)12(4)33;19-16-8-4-7-15(11-16)17-12-20-9-10-21(17)13-18(22)14-5-2-1-3-6-14/h;1-12H,13H2/q-1;+1. The van der Waals surface area contributed by atoms with Crippen molar-refractivity contribution in [3.63, 3.8) is 0 Å². The topological polar surface area (TPSA) is 33.8 Å². The minimum absolute atomic E-state index is 0.0556. The first-order chi connectivity index (χ1) is 31.4. The van der Waals surface area contributed by atoms with E-state index < -0.39 is 144 Å². The van der Waals surface area contributed by atoms with Gasteiger partial charge in [-0.1, -0.05) is 48.0 Å². The molecule has 0 atom stereocenters. The Hall–Kier alpha value is -6.98. The number of nitrogens with zero attached hydrogens (tertiary/aromatic N) is 2. The lowest BCUT2D eigenvalue weighted by atomic mass is 9.12. The number of halogens is 21. The molecular formula is C42H14BClF20N2O. The van der Waals surface area contributed by atoms with Gasteiger partial charge in [-0.05, 0) is 18.2 Å². The van der Waals surface area contributed by atoms with E-state index in [0.29, 0.717) is 10.6 Å². The van der Waals surface area contributed by atoms with E-state index in [1.165, 1.54) is 0 Å². The number of Topliss-reactive ketones (excluding diaryl/α,β-unsaturated/α-hetero) is 1. The summed E-state index contributed by atoms with van der Waals surface area (Å²) in [6, 6.07) is 16.8. The second-order valence-electron chi connectivity index (χ2n) is 13.7. The number of carbonyl (C=O) groups excluding carboxylic acids is 1. The average molecular weight is 989 g/mol. The Morgan fingerprint density at radius 3 is 1.10 bits per heavy atom. The monoisotopic (exact) mass is 988 g/mol. The third kappa shape index (κ3) is 8.09. The summed E-state index contributed by atoms with van der Waals surface area (Å²) < 4.78 is 296. The van der Waals surface area contributed by atoms with Gasteiger partial charge in [-0.2, -0.15) is 4.57 Å². The van der Waals surface area contributed by atoms with Crippen molar-refractivity contribution in [2.24, 2.45) is 0 Å². The third-order valence-electron chi connectivity index (χ3n) is 10.1. The van der Waals surface area contributed by atoms with Crippen LogP contribution in [0.1, 0.15) is 10.4 Å². The minimum Gasteiger partial charge on any atom is -0.287 e. The lowest BCUT2D eigenvalue weighted by Gasteiger charge is -2.44. The van der Waals surface area contributed by atoms with Crippen molar-refractivity contribution < 1.29 is 97.2 Å². The maximum absolute atomic E-state index is 15.4. The molecule has 3 nitrogen and oxygen atoms in total. The molecule has 0 N–H and O–H groups in total. The Morgan fingerprint density at radius 2 is 0.776 bits per heavy atom. The Bertz CT molecular complexity index is 2780. The van der Waals surface area contributed by atoms with Gasteiger partial charge in [0, 0.05) is 16.1 Å². The maximum Gasteiger partial charge on any atom is 0.231 e. The maximum atomic E-state index is 15.4. The first-order valence-electron chi connectivity index (χ1n) is 17.8. The minimum atomic E-state index is -7.22. The van der Waals surface area contributed by atoms with Crippen LogP contribution in [-0.2, 0) is 6.54 Å². The third-order valence-corrected chi connectivity index (χ3v) is 10.3. The van der Waals surface area contributed by atoms with E-state index in [-0.39, 0.29) is 12.3 Å². The molecule has 7 aromatic rings. The second kappa shape index (κ2) is 18.7. The Kier molecular flexibility index (Phi) is 13.8. The van der Waals surface area contributed by atoms with Gasteiger partial charge in [0.05, 0.1) is 12.4 Å². The fourth-order valence-electron chi connectivity index (χ4n) is 7.16. The van der Waals surface area contributed by atoms with Gasteiger partial charge < -0.3 is 0 Å². The molecule has 348 valence electrons. The first kappa shape index (κ1) is 49.5. The highest BCUT2D eigenvalue weighted by molar-refractivity contribution is 7.20. The average Bonchev–Trinajstić information content (AvgIpc) is 3.32. The second-order valence-corrected chi connectivity index (χ2v) is 14.1. The molecule has 1 aromatic heterocycles. The van der Waals surface area contributed by atoms with Gasteiger partial charge in [0.2, 0.25) is 18.0 Å². The molecule has 25 heteroatoms. The lowest BCUT2D eigenvalue weighted by Crippen LogP contribution is -2.81. The smallest absolute Gasteiger partial charge is 0.231 e. The summed E-state index contributed by atoms with van der Waals surface area (Å²) in [5.74, 6) is -71.3. The quantitative estimate of drug-likeness (QED) is 0.0380. The number of benzene rings is 6. The van der Waals surface area contributed by atoms with Gasteiger partial charge in [0.25, 0.3) is 0 Å². The molecule has 0 unspecified atom stereocenters. The van der Waals surface area contributed by atoms with Gasteiger partial charge >= 0.3 is 0 Å². The first-order valence-corrected chi connectivity index (χ1v) is 18.2. The Morgan fingerprint density at radius 1 is 0.448 bits per heavy atom. The van der Waals surface area contributed by atoms with E-state index in [4.69, 9.17) is 11.6 Å². The number of carbonyl (C=O) groups is 1. The van der Waals surface area contributed by atoms with Crippen LogP contribution in [0.5, 0.6) is 0 Å². The van der Waals surface area contributed by atoms with Crippen LogP contribution < -0.4 is 26.4 Å². The van der Waals surface area contributed by atoms with Gasteiger partial charge in [0.15, 0.2) is 76.0 Å². The molecule has 0 aliphatic rings. The van der Waals surface area contributed by atoms with Gasteiger partial charge in [-0.15, -0.1) is 21.9 Å². The molecule has 67 heavy (non-hydrogen) atoms. The number of ketones is 1. The van der Waals surface area contributed by atoms with Crippen LogP contribution in [0.3, 0.4) is 0 Å². The highest BCUT2D eigenvalue weighted by Gasteiger charge is 2.52. The highest BCUT2D eigenvalue weighted by atomic mass is 35.5. The Labute approximate surface area is 365 Å². The molecule has 0 bridgehead atoms. The zero-order valence-electron chi connectivity index (χ0n) is 32.0. The molecular weight excluding hydrogens is 975 g/mol. The van der Waals surface area contributed by atoms with Crippen LogP contribution in [0.4, 0.5) is 87.8 Å². The van der Waals surface area contributed by atoms with Crippen LogP contribution in [-0.4, -0.2) is 16.9 Å². The molecule has 0 amide bonds. The highest BCUT2D eigenvalue weighted by Crippen LogP contribution is 2.31. The number of hydrogen-bond donors (Lipinski definition) is 0. The fraction of sp³-hybridized carbons (Fsp3) is 0.0238. The SMILES string of the molecule is Fc1c(F)c(F)c([B-](c2c(F)c(F)c(F)c(F)c2F)(c2c(F)c(F)c(F)c(F)c2F)c2c(F)c(F)c(F)c(F)c2F)c(F)c1F.O=C(C[n+]1ccncc1-c1cccc(Cl)c1)c1ccccc1.